The lowest BCUT2D eigenvalue weighted by molar-refractivity contribution is 0.0623. The van der Waals surface area contributed by atoms with Gasteiger partial charge in [-0.05, 0) is 50.5 Å². The van der Waals surface area contributed by atoms with Gasteiger partial charge in [-0.25, -0.2) is 4.98 Å². The number of piperidine rings is 1. The quantitative estimate of drug-likeness (QED) is 0.702. The monoisotopic (exact) mass is 433 g/mol. The summed E-state index contributed by atoms with van der Waals surface area (Å²) >= 11 is 3.43. The van der Waals surface area contributed by atoms with Gasteiger partial charge in [0, 0.05) is 40.7 Å². The number of hydrogen-bond donors (Lipinski definition) is 1. The first-order chi connectivity index (χ1) is 11.7. The number of thioether (sulfide) groups is 1. The molecule has 0 radical (unpaired) electrons. The molecule has 1 unspecified atom stereocenters. The average Bonchev–Trinajstić information content (AvgIpc) is 3.05. The van der Waals surface area contributed by atoms with Crippen molar-refractivity contribution in [3.05, 3.63) is 45.9 Å². The van der Waals surface area contributed by atoms with Crippen molar-refractivity contribution >= 4 is 53.8 Å². The van der Waals surface area contributed by atoms with E-state index in [0.717, 1.165) is 52.7 Å². The van der Waals surface area contributed by atoms with E-state index in [0.29, 0.717) is 6.54 Å². The highest BCUT2D eigenvalue weighted by molar-refractivity contribution is 7.98. The molecule has 3 rings (SSSR count). The molecule has 0 aliphatic carbocycles. The molecular formula is C18H25Cl2N3OS2. The third-order valence-corrected chi connectivity index (χ3v) is 6.18. The number of carbonyl (C=O) groups excluding carboxylic acids is 1. The van der Waals surface area contributed by atoms with Crippen LogP contribution in [0.25, 0.3) is 0 Å². The minimum atomic E-state index is 0. The van der Waals surface area contributed by atoms with Gasteiger partial charge < -0.3 is 10.6 Å². The molecule has 144 valence electrons. The SMILES string of the molecule is Cc1nc(CSc2ccc(C(=O)N3CCCCC3CN)cc2)cs1.Cl.Cl. The molecule has 2 N–H and O–H groups in total. The van der Waals surface area contributed by atoms with Crippen molar-refractivity contribution in [1.29, 1.82) is 0 Å². The van der Waals surface area contributed by atoms with Crippen molar-refractivity contribution in [2.45, 2.75) is 42.9 Å². The number of aryl methyl sites for hydroxylation is 1. The fourth-order valence-corrected chi connectivity index (χ4v) is 4.51. The second kappa shape index (κ2) is 11.1. The van der Waals surface area contributed by atoms with Gasteiger partial charge in [0.1, 0.15) is 0 Å². The van der Waals surface area contributed by atoms with Crippen molar-refractivity contribution in [1.82, 2.24) is 9.88 Å². The highest BCUT2D eigenvalue weighted by Gasteiger charge is 2.26. The summed E-state index contributed by atoms with van der Waals surface area (Å²) in [5.41, 5.74) is 7.69. The Kier molecular flexibility index (Phi) is 9.97. The molecule has 1 aliphatic heterocycles. The second-order valence-corrected chi connectivity index (χ2v) is 8.17. The zero-order valence-corrected chi connectivity index (χ0v) is 18.0. The number of amides is 1. The van der Waals surface area contributed by atoms with E-state index < -0.39 is 0 Å². The van der Waals surface area contributed by atoms with E-state index in [-0.39, 0.29) is 36.8 Å². The number of hydrogen-bond acceptors (Lipinski definition) is 5. The van der Waals surface area contributed by atoms with Gasteiger partial charge in [0.2, 0.25) is 0 Å². The Balaban J connectivity index is 0.00000169. The Hall–Kier alpha value is -0.790. The first kappa shape index (κ1) is 23.2. The zero-order chi connectivity index (χ0) is 16.9. The minimum absolute atomic E-state index is 0. The van der Waals surface area contributed by atoms with Crippen LogP contribution in [-0.2, 0) is 5.75 Å². The van der Waals surface area contributed by atoms with Crippen LogP contribution in [0.5, 0.6) is 0 Å². The minimum Gasteiger partial charge on any atom is -0.334 e. The molecule has 0 spiro atoms. The molecular weight excluding hydrogens is 409 g/mol. The van der Waals surface area contributed by atoms with Crippen molar-refractivity contribution in [2.24, 2.45) is 5.73 Å². The summed E-state index contributed by atoms with van der Waals surface area (Å²) in [7, 11) is 0. The first-order valence-corrected chi connectivity index (χ1v) is 10.2. The van der Waals surface area contributed by atoms with Crippen LogP contribution in [0.1, 0.15) is 40.3 Å². The maximum Gasteiger partial charge on any atom is 0.254 e. The van der Waals surface area contributed by atoms with Gasteiger partial charge in [-0.3, -0.25) is 4.79 Å². The summed E-state index contributed by atoms with van der Waals surface area (Å²) in [6.45, 7) is 3.39. The normalized spacial score (nSPS) is 16.5. The fraction of sp³-hybridized carbons (Fsp3) is 0.444. The molecule has 4 nitrogen and oxygen atoms in total. The van der Waals surface area contributed by atoms with Gasteiger partial charge in [0.05, 0.1) is 10.7 Å². The molecule has 8 heteroatoms. The van der Waals surface area contributed by atoms with Crippen LogP contribution in [0, 0.1) is 6.92 Å². The maximum atomic E-state index is 12.7. The van der Waals surface area contributed by atoms with E-state index in [1.165, 1.54) is 0 Å². The lowest BCUT2D eigenvalue weighted by atomic mass is 10.0. The Bertz CT molecular complexity index is 694. The predicted molar refractivity (Wildman–Crippen MR) is 115 cm³/mol. The summed E-state index contributed by atoms with van der Waals surface area (Å²) in [5, 5.41) is 3.20. The van der Waals surface area contributed by atoms with Crippen LogP contribution in [0.4, 0.5) is 0 Å². The first-order valence-electron chi connectivity index (χ1n) is 8.32. The van der Waals surface area contributed by atoms with Crippen LogP contribution in [0.15, 0.2) is 34.5 Å². The summed E-state index contributed by atoms with van der Waals surface area (Å²) in [6.07, 6.45) is 3.25. The van der Waals surface area contributed by atoms with Gasteiger partial charge in [-0.2, -0.15) is 0 Å². The van der Waals surface area contributed by atoms with Gasteiger partial charge in [0.25, 0.3) is 5.91 Å². The highest BCUT2D eigenvalue weighted by Crippen LogP contribution is 2.25. The Morgan fingerprint density at radius 3 is 2.65 bits per heavy atom. The standard InChI is InChI=1S/C18H23N3OS2.2ClH/c1-13-20-15(11-23-13)12-24-17-7-5-14(6-8-17)18(22)21-9-3-2-4-16(21)10-19;;/h5-8,11,16H,2-4,9-10,12,19H2,1H3;2*1H. The molecule has 1 saturated heterocycles. The zero-order valence-electron chi connectivity index (χ0n) is 14.7. The Morgan fingerprint density at radius 1 is 1.31 bits per heavy atom. The lowest BCUT2D eigenvalue weighted by Crippen LogP contribution is -2.47. The number of nitrogens with two attached hydrogens (primary N) is 1. The molecule has 1 fully saturated rings. The van der Waals surface area contributed by atoms with E-state index >= 15 is 0 Å². The number of rotatable bonds is 5. The molecule has 2 aromatic rings. The molecule has 0 saturated carbocycles. The largest absolute Gasteiger partial charge is 0.334 e. The van der Waals surface area contributed by atoms with Gasteiger partial charge in [-0.15, -0.1) is 47.9 Å². The number of halogens is 2. The third kappa shape index (κ3) is 5.86. The van der Waals surface area contributed by atoms with E-state index in [1.807, 2.05) is 36.1 Å². The number of nitrogens with zero attached hydrogens (tertiary/aromatic N) is 2. The fourth-order valence-electron chi connectivity index (χ4n) is 3.00. The van der Waals surface area contributed by atoms with Gasteiger partial charge in [0.15, 0.2) is 0 Å². The molecule has 1 aromatic carbocycles. The molecule has 1 aromatic heterocycles. The van der Waals surface area contributed by atoms with Crippen molar-refractivity contribution in [3.8, 4) is 0 Å². The van der Waals surface area contributed by atoms with Crippen LogP contribution in [0.2, 0.25) is 0 Å². The maximum absolute atomic E-state index is 12.7. The Labute approximate surface area is 175 Å². The van der Waals surface area contributed by atoms with Crippen LogP contribution in [-0.4, -0.2) is 34.9 Å². The highest BCUT2D eigenvalue weighted by atomic mass is 35.5. The molecule has 2 heterocycles. The summed E-state index contributed by atoms with van der Waals surface area (Å²) in [4.78, 5) is 20.3. The van der Waals surface area contributed by atoms with E-state index in [1.54, 1.807) is 23.1 Å². The molecule has 1 aliphatic rings. The van der Waals surface area contributed by atoms with Crippen molar-refractivity contribution in [2.75, 3.05) is 13.1 Å². The van der Waals surface area contributed by atoms with Crippen molar-refractivity contribution in [3.63, 3.8) is 0 Å². The van der Waals surface area contributed by atoms with Crippen LogP contribution in [0.3, 0.4) is 0 Å². The van der Waals surface area contributed by atoms with Gasteiger partial charge >= 0.3 is 0 Å². The second-order valence-electron chi connectivity index (χ2n) is 6.05. The van der Waals surface area contributed by atoms with Crippen molar-refractivity contribution < 1.29 is 4.79 Å². The number of benzene rings is 1. The third-order valence-electron chi connectivity index (χ3n) is 4.31. The summed E-state index contributed by atoms with van der Waals surface area (Å²) < 4.78 is 0. The smallest absolute Gasteiger partial charge is 0.254 e. The molecule has 1 amide bonds. The summed E-state index contributed by atoms with van der Waals surface area (Å²) in [6, 6.07) is 8.10. The topological polar surface area (TPSA) is 59.2 Å². The van der Waals surface area contributed by atoms with E-state index in [9.17, 15) is 4.79 Å². The van der Waals surface area contributed by atoms with E-state index in [2.05, 4.69) is 10.4 Å². The van der Waals surface area contributed by atoms with Crippen LogP contribution >= 0.6 is 47.9 Å². The number of carbonyl (C=O) groups is 1. The average molecular weight is 434 g/mol. The lowest BCUT2D eigenvalue weighted by Gasteiger charge is -2.35. The summed E-state index contributed by atoms with van der Waals surface area (Å²) in [5.74, 6) is 0.968. The number of thiazole rings is 1. The van der Waals surface area contributed by atoms with E-state index in [4.69, 9.17) is 5.73 Å². The van der Waals surface area contributed by atoms with Gasteiger partial charge in [-0.1, -0.05) is 0 Å². The Morgan fingerprint density at radius 2 is 2.04 bits per heavy atom. The number of likely N-dealkylation sites (tertiary alicyclic amines) is 1. The molecule has 26 heavy (non-hydrogen) atoms. The molecule has 1 atom stereocenters. The number of aromatic nitrogens is 1. The molecule has 0 bridgehead atoms. The van der Waals surface area contributed by atoms with Crippen LogP contribution < -0.4 is 5.73 Å². The predicted octanol–water partition coefficient (Wildman–Crippen LogP) is 4.54.